The number of aryl methyl sites for hydroxylation is 1. The van der Waals surface area contributed by atoms with E-state index in [1.807, 2.05) is 0 Å². The lowest BCUT2D eigenvalue weighted by Crippen LogP contribution is -2.00. The quantitative estimate of drug-likeness (QED) is 0.757. The van der Waals surface area contributed by atoms with Crippen molar-refractivity contribution in [3.63, 3.8) is 0 Å². The van der Waals surface area contributed by atoms with Gasteiger partial charge in [0.2, 0.25) is 0 Å². The van der Waals surface area contributed by atoms with Crippen LogP contribution in [0.5, 0.6) is 0 Å². The third-order valence-corrected chi connectivity index (χ3v) is 1.92. The molecule has 1 rings (SSSR count). The molecule has 2 N–H and O–H groups in total. The lowest BCUT2D eigenvalue weighted by atomic mass is 10.1. The number of hydrogen-bond acceptors (Lipinski definition) is 1. The molecule has 1 aromatic carbocycles. The van der Waals surface area contributed by atoms with Crippen LogP contribution < -0.4 is 5.73 Å². The Morgan fingerprint density at radius 1 is 1.50 bits per heavy atom. The summed E-state index contributed by atoms with van der Waals surface area (Å²) < 4.78 is 12.6. The van der Waals surface area contributed by atoms with Gasteiger partial charge in [-0.25, -0.2) is 4.39 Å². The summed E-state index contributed by atoms with van der Waals surface area (Å²) >= 11 is 5.71. The normalized spacial score (nSPS) is 9.33. The number of benzene rings is 1. The summed E-state index contributed by atoms with van der Waals surface area (Å²) in [7, 11) is 0. The first kappa shape index (κ1) is 11.7. The van der Waals surface area contributed by atoms with Crippen molar-refractivity contribution in [1.29, 1.82) is 0 Å². The van der Waals surface area contributed by atoms with Gasteiger partial charge in [-0.15, -0.1) is 12.4 Å². The van der Waals surface area contributed by atoms with Crippen molar-refractivity contribution in [3.8, 4) is 0 Å². The molecule has 1 aromatic rings. The molecule has 0 spiro atoms. The maximum Gasteiger partial charge on any atom is 0.124 e. The summed E-state index contributed by atoms with van der Waals surface area (Å²) in [4.78, 5) is 0. The van der Waals surface area contributed by atoms with Gasteiger partial charge in [0.25, 0.3) is 0 Å². The fourth-order valence-electron chi connectivity index (χ4n) is 0.991. The van der Waals surface area contributed by atoms with E-state index in [-0.39, 0.29) is 18.2 Å². The topological polar surface area (TPSA) is 26.0 Å². The van der Waals surface area contributed by atoms with Crippen LogP contribution in [-0.4, -0.2) is 0 Å². The van der Waals surface area contributed by atoms with Crippen LogP contribution in [0.4, 0.5) is 4.39 Å². The maximum absolute atomic E-state index is 12.6. The molecule has 0 fully saturated rings. The second-order valence-corrected chi connectivity index (χ2v) is 2.79. The van der Waals surface area contributed by atoms with Crippen molar-refractivity contribution in [2.75, 3.05) is 0 Å². The Balaban J connectivity index is 0.00000121. The predicted molar refractivity (Wildman–Crippen MR) is 51.3 cm³/mol. The Bertz CT molecular complexity index is 253. The van der Waals surface area contributed by atoms with Gasteiger partial charge >= 0.3 is 0 Å². The van der Waals surface area contributed by atoms with E-state index in [9.17, 15) is 4.39 Å². The molecule has 0 bridgehead atoms. The average Bonchev–Trinajstić information content (AvgIpc) is 1.85. The first-order chi connectivity index (χ1) is 5.15. The van der Waals surface area contributed by atoms with Gasteiger partial charge in [0.1, 0.15) is 5.82 Å². The molecule has 0 unspecified atom stereocenters. The van der Waals surface area contributed by atoms with Crippen LogP contribution >= 0.6 is 24.0 Å². The van der Waals surface area contributed by atoms with Crippen LogP contribution in [0.3, 0.4) is 0 Å². The fraction of sp³-hybridized carbons (Fsp3) is 0.250. The van der Waals surface area contributed by atoms with E-state index >= 15 is 0 Å². The third-order valence-electron chi connectivity index (χ3n) is 1.59. The van der Waals surface area contributed by atoms with Crippen LogP contribution in [0.25, 0.3) is 0 Å². The number of hydrogen-bond donors (Lipinski definition) is 1. The van der Waals surface area contributed by atoms with Crippen molar-refractivity contribution in [2.24, 2.45) is 5.73 Å². The van der Waals surface area contributed by atoms with E-state index in [4.69, 9.17) is 17.3 Å². The first-order valence-corrected chi connectivity index (χ1v) is 3.67. The smallest absolute Gasteiger partial charge is 0.124 e. The predicted octanol–water partition coefficient (Wildman–Crippen LogP) is 2.67. The highest BCUT2D eigenvalue weighted by molar-refractivity contribution is 6.31. The van der Waals surface area contributed by atoms with Crippen LogP contribution in [0, 0.1) is 12.7 Å². The van der Waals surface area contributed by atoms with Gasteiger partial charge in [0, 0.05) is 11.6 Å². The largest absolute Gasteiger partial charge is 0.326 e. The highest BCUT2D eigenvalue weighted by Gasteiger charge is 2.03. The molecule has 1 nitrogen and oxygen atoms in total. The number of halogens is 3. The molecule has 0 aliphatic heterocycles. The van der Waals surface area contributed by atoms with E-state index in [0.717, 1.165) is 11.1 Å². The minimum Gasteiger partial charge on any atom is -0.326 e. The highest BCUT2D eigenvalue weighted by atomic mass is 35.5. The second kappa shape index (κ2) is 4.65. The van der Waals surface area contributed by atoms with Gasteiger partial charge < -0.3 is 5.73 Å². The van der Waals surface area contributed by atoms with Crippen LogP contribution in [-0.2, 0) is 6.54 Å². The van der Waals surface area contributed by atoms with Gasteiger partial charge in [0.05, 0.1) is 0 Å². The summed E-state index contributed by atoms with van der Waals surface area (Å²) in [5.74, 6) is -0.315. The molecule has 0 radical (unpaired) electrons. The average molecular weight is 210 g/mol. The zero-order valence-electron chi connectivity index (χ0n) is 6.60. The molecular weight excluding hydrogens is 200 g/mol. The van der Waals surface area contributed by atoms with Crippen molar-refractivity contribution < 1.29 is 4.39 Å². The lowest BCUT2D eigenvalue weighted by Gasteiger charge is -2.04. The Kier molecular flexibility index (Phi) is 4.53. The second-order valence-electron chi connectivity index (χ2n) is 2.39. The van der Waals surface area contributed by atoms with Crippen molar-refractivity contribution in [2.45, 2.75) is 13.5 Å². The molecule has 0 atom stereocenters. The molecule has 0 saturated carbocycles. The van der Waals surface area contributed by atoms with E-state index in [1.165, 1.54) is 12.1 Å². The van der Waals surface area contributed by atoms with Gasteiger partial charge in [-0.1, -0.05) is 11.6 Å². The van der Waals surface area contributed by atoms with Gasteiger partial charge in [-0.05, 0) is 30.2 Å². The highest BCUT2D eigenvalue weighted by Crippen LogP contribution is 2.20. The lowest BCUT2D eigenvalue weighted by molar-refractivity contribution is 0.625. The number of rotatable bonds is 1. The van der Waals surface area contributed by atoms with E-state index in [0.29, 0.717) is 11.6 Å². The molecule has 0 saturated heterocycles. The molecule has 0 aliphatic rings. The van der Waals surface area contributed by atoms with Crippen molar-refractivity contribution in [1.82, 2.24) is 0 Å². The fourth-order valence-corrected chi connectivity index (χ4v) is 1.32. The summed E-state index contributed by atoms with van der Waals surface area (Å²) in [6, 6.07) is 2.70. The van der Waals surface area contributed by atoms with Crippen LogP contribution in [0.2, 0.25) is 5.02 Å². The van der Waals surface area contributed by atoms with Crippen LogP contribution in [0.15, 0.2) is 12.1 Å². The van der Waals surface area contributed by atoms with Crippen molar-refractivity contribution in [3.05, 3.63) is 34.1 Å². The first-order valence-electron chi connectivity index (χ1n) is 3.29. The Labute approximate surface area is 82.1 Å². The molecule has 12 heavy (non-hydrogen) atoms. The van der Waals surface area contributed by atoms with E-state index in [1.54, 1.807) is 6.92 Å². The van der Waals surface area contributed by atoms with Gasteiger partial charge in [-0.2, -0.15) is 0 Å². The van der Waals surface area contributed by atoms with E-state index in [2.05, 4.69) is 0 Å². The molecule has 68 valence electrons. The monoisotopic (exact) mass is 209 g/mol. The zero-order chi connectivity index (χ0) is 8.43. The molecule has 0 aliphatic carbocycles. The Morgan fingerprint density at radius 3 is 2.50 bits per heavy atom. The maximum atomic E-state index is 12.6. The Hall–Kier alpha value is -0.310. The van der Waals surface area contributed by atoms with E-state index < -0.39 is 0 Å². The molecule has 4 heteroatoms. The third kappa shape index (κ3) is 2.34. The summed E-state index contributed by atoms with van der Waals surface area (Å²) in [6.45, 7) is 2.14. The molecular formula is C8H10Cl2FN. The van der Waals surface area contributed by atoms with Crippen LogP contribution in [0.1, 0.15) is 11.1 Å². The molecule has 0 amide bonds. The number of nitrogens with two attached hydrogens (primary N) is 1. The minimum absolute atomic E-state index is 0. The molecule has 0 aromatic heterocycles. The standard InChI is InChI=1S/C8H9ClFN.ClH/c1-5-2-6(10)3-8(9)7(5)4-11;/h2-3H,4,11H2,1H3;1H. The summed E-state index contributed by atoms with van der Waals surface area (Å²) in [6.07, 6.45) is 0. The summed E-state index contributed by atoms with van der Waals surface area (Å²) in [5.41, 5.74) is 7.01. The van der Waals surface area contributed by atoms with Crippen molar-refractivity contribution >= 4 is 24.0 Å². The van der Waals surface area contributed by atoms with Gasteiger partial charge in [0.15, 0.2) is 0 Å². The molecule has 0 heterocycles. The van der Waals surface area contributed by atoms with Gasteiger partial charge in [-0.3, -0.25) is 0 Å². The Morgan fingerprint density at radius 2 is 2.08 bits per heavy atom. The minimum atomic E-state index is -0.315. The zero-order valence-corrected chi connectivity index (χ0v) is 8.18. The SMILES string of the molecule is Cc1cc(F)cc(Cl)c1CN.Cl. The summed E-state index contributed by atoms with van der Waals surface area (Å²) in [5, 5.41) is 0.407.